The maximum Gasteiger partial charge on any atom is 0.167 e. The van der Waals surface area contributed by atoms with E-state index in [1.807, 2.05) is 23.3 Å². The molecular weight excluding hydrogens is 402 g/mol. The van der Waals surface area contributed by atoms with Crippen LogP contribution < -0.4 is 10.6 Å². The van der Waals surface area contributed by atoms with E-state index in [1.165, 1.54) is 18.3 Å². The van der Waals surface area contributed by atoms with Gasteiger partial charge in [0, 0.05) is 31.9 Å². The smallest absolute Gasteiger partial charge is 0.167 e. The topological polar surface area (TPSA) is 135 Å². The van der Waals surface area contributed by atoms with Gasteiger partial charge >= 0.3 is 0 Å². The lowest BCUT2D eigenvalue weighted by molar-refractivity contribution is -0.194. The number of hydroxylamine groups is 2. The molecule has 2 saturated heterocycles. The predicted molar refractivity (Wildman–Crippen MR) is 112 cm³/mol. The Labute approximate surface area is 178 Å². The van der Waals surface area contributed by atoms with Gasteiger partial charge in [-0.05, 0) is 12.1 Å². The summed E-state index contributed by atoms with van der Waals surface area (Å²) >= 11 is 0. The quantitative estimate of drug-likeness (QED) is 0.501. The monoisotopic (exact) mass is 427 g/mol. The summed E-state index contributed by atoms with van der Waals surface area (Å²) in [6, 6.07) is 10.3. The number of aliphatic hydroxyl groups is 2. The maximum atomic E-state index is 10.6. The minimum absolute atomic E-state index is 0.129. The highest BCUT2D eigenvalue weighted by molar-refractivity contribution is 5.81. The number of fused-ring (bicyclic) bond motifs is 1. The highest BCUT2D eigenvalue weighted by Crippen LogP contribution is 2.32. The fourth-order valence-corrected chi connectivity index (χ4v) is 4.05. The molecule has 0 amide bonds. The van der Waals surface area contributed by atoms with Crippen LogP contribution in [0.5, 0.6) is 0 Å². The Morgan fingerprint density at radius 1 is 1.03 bits per heavy atom. The number of nitrogen functional groups attached to an aromatic ring is 1. The van der Waals surface area contributed by atoms with Gasteiger partial charge in [0.05, 0.1) is 12.9 Å². The highest BCUT2D eigenvalue weighted by atomic mass is 16.7. The van der Waals surface area contributed by atoms with Crippen molar-refractivity contribution in [2.75, 3.05) is 43.4 Å². The van der Waals surface area contributed by atoms with Crippen molar-refractivity contribution in [1.29, 1.82) is 0 Å². The summed E-state index contributed by atoms with van der Waals surface area (Å²) in [5, 5.41) is 22.9. The van der Waals surface area contributed by atoms with E-state index in [4.69, 9.17) is 15.3 Å². The molecule has 11 heteroatoms. The zero-order valence-electron chi connectivity index (χ0n) is 16.9. The second kappa shape index (κ2) is 8.36. The molecule has 2 aliphatic rings. The Morgan fingerprint density at radius 3 is 2.58 bits per heavy atom. The van der Waals surface area contributed by atoms with Gasteiger partial charge in [0.2, 0.25) is 0 Å². The first-order valence-corrected chi connectivity index (χ1v) is 10.2. The van der Waals surface area contributed by atoms with Gasteiger partial charge in [0.25, 0.3) is 0 Å². The summed E-state index contributed by atoms with van der Waals surface area (Å²) in [5.41, 5.74) is 7.87. The first kappa shape index (κ1) is 20.1. The normalized spacial score (nSPS) is 27.2. The number of rotatable bonds is 5. The fourth-order valence-electron chi connectivity index (χ4n) is 4.05. The molecule has 4 heterocycles. The summed E-state index contributed by atoms with van der Waals surface area (Å²) < 4.78 is 7.47. The van der Waals surface area contributed by atoms with Gasteiger partial charge in [-0.1, -0.05) is 18.2 Å². The zero-order valence-corrected chi connectivity index (χ0v) is 16.9. The summed E-state index contributed by atoms with van der Waals surface area (Å²) in [6.07, 6.45) is -1.00. The molecule has 3 aromatic rings. The van der Waals surface area contributed by atoms with Crippen molar-refractivity contribution >= 4 is 22.7 Å². The van der Waals surface area contributed by atoms with Crippen molar-refractivity contribution in [1.82, 2.24) is 24.6 Å². The van der Waals surface area contributed by atoms with Crippen LogP contribution in [0.3, 0.4) is 0 Å². The van der Waals surface area contributed by atoms with Gasteiger partial charge in [-0.3, -0.25) is 9.40 Å². The molecule has 4 N–H and O–H groups in total. The molecule has 0 bridgehead atoms. The first-order valence-electron chi connectivity index (χ1n) is 10.2. The van der Waals surface area contributed by atoms with Crippen LogP contribution in [0.2, 0.25) is 0 Å². The van der Waals surface area contributed by atoms with Crippen molar-refractivity contribution in [3.8, 4) is 0 Å². The summed E-state index contributed by atoms with van der Waals surface area (Å²) in [4.78, 5) is 20.5. The van der Waals surface area contributed by atoms with Crippen LogP contribution in [0.4, 0.5) is 11.5 Å². The molecule has 0 unspecified atom stereocenters. The van der Waals surface area contributed by atoms with E-state index < -0.39 is 24.5 Å². The number of aromatic nitrogens is 4. The number of hydrogen-bond acceptors (Lipinski definition) is 10. The summed E-state index contributed by atoms with van der Waals surface area (Å²) in [7, 11) is 0. The second-order valence-electron chi connectivity index (χ2n) is 7.68. The minimum atomic E-state index is -1.16. The molecule has 2 aromatic heterocycles. The SMILES string of the molecule is Nc1ncnc2c1ncn2[C@@H]1O[C@H](CON2CCN(c3ccccc3)CC2)[C@@H](O)[C@H]1O. The lowest BCUT2D eigenvalue weighted by Gasteiger charge is -2.35. The third-order valence-corrected chi connectivity index (χ3v) is 5.78. The van der Waals surface area contributed by atoms with Crippen LogP contribution >= 0.6 is 0 Å². The molecule has 1 aromatic carbocycles. The van der Waals surface area contributed by atoms with E-state index in [0.717, 1.165) is 26.2 Å². The van der Waals surface area contributed by atoms with Gasteiger partial charge in [-0.2, -0.15) is 5.06 Å². The molecule has 0 spiro atoms. The van der Waals surface area contributed by atoms with Crippen LogP contribution in [0.1, 0.15) is 6.23 Å². The van der Waals surface area contributed by atoms with Gasteiger partial charge in [-0.25, -0.2) is 15.0 Å². The number of piperazine rings is 1. The molecule has 2 fully saturated rings. The zero-order chi connectivity index (χ0) is 21.4. The lowest BCUT2D eigenvalue weighted by Crippen LogP contribution is -2.47. The van der Waals surface area contributed by atoms with Gasteiger partial charge in [-0.15, -0.1) is 0 Å². The first-order chi connectivity index (χ1) is 15.1. The van der Waals surface area contributed by atoms with E-state index in [-0.39, 0.29) is 12.4 Å². The molecule has 2 aliphatic heterocycles. The Balaban J connectivity index is 1.19. The molecule has 0 aliphatic carbocycles. The largest absolute Gasteiger partial charge is 0.387 e. The standard InChI is InChI=1S/C20H25N7O4/c21-18-15-19(23-11-22-18)27(12-24-15)20-17(29)16(28)14(31-20)10-30-26-8-6-25(7-9-26)13-4-2-1-3-5-13/h1-5,11-12,14,16-17,20,28-29H,6-10H2,(H2,21,22,23)/t14-,16-,17-,20-/m1/s1. The number of nitrogens with two attached hydrogens (primary N) is 1. The molecule has 164 valence electrons. The number of aliphatic hydroxyl groups excluding tert-OH is 2. The van der Waals surface area contributed by atoms with Gasteiger partial charge in [0.15, 0.2) is 17.7 Å². The molecule has 4 atom stereocenters. The van der Waals surface area contributed by atoms with Crippen molar-refractivity contribution in [2.24, 2.45) is 0 Å². The Kier molecular flexibility index (Phi) is 5.42. The van der Waals surface area contributed by atoms with E-state index in [9.17, 15) is 10.2 Å². The molecule has 0 saturated carbocycles. The minimum Gasteiger partial charge on any atom is -0.387 e. The third kappa shape index (κ3) is 3.82. The predicted octanol–water partition coefficient (Wildman–Crippen LogP) is -0.219. The maximum absolute atomic E-state index is 10.6. The number of nitrogens with zero attached hydrogens (tertiary/aromatic N) is 6. The Morgan fingerprint density at radius 2 is 1.81 bits per heavy atom. The van der Waals surface area contributed by atoms with Gasteiger partial charge in [0.1, 0.15) is 30.2 Å². The third-order valence-electron chi connectivity index (χ3n) is 5.78. The highest BCUT2D eigenvalue weighted by Gasteiger charge is 2.44. The number of anilines is 2. The van der Waals surface area contributed by atoms with Crippen molar-refractivity contribution in [3.63, 3.8) is 0 Å². The number of imidazole rings is 1. The van der Waals surface area contributed by atoms with Crippen LogP contribution in [0, 0.1) is 0 Å². The molecule has 11 nitrogen and oxygen atoms in total. The van der Waals surface area contributed by atoms with Gasteiger partial charge < -0.3 is 25.6 Å². The summed E-state index contributed by atoms with van der Waals surface area (Å²) in [6.45, 7) is 3.26. The van der Waals surface area contributed by atoms with Crippen molar-refractivity contribution in [3.05, 3.63) is 43.0 Å². The number of benzene rings is 1. The van der Waals surface area contributed by atoms with Crippen molar-refractivity contribution < 1.29 is 19.8 Å². The van der Waals surface area contributed by atoms with E-state index in [2.05, 4.69) is 32.0 Å². The van der Waals surface area contributed by atoms with Crippen molar-refractivity contribution in [2.45, 2.75) is 24.5 Å². The van der Waals surface area contributed by atoms with Crippen LogP contribution in [0.15, 0.2) is 43.0 Å². The van der Waals surface area contributed by atoms with E-state index in [0.29, 0.717) is 11.2 Å². The molecule has 5 rings (SSSR count). The van der Waals surface area contributed by atoms with E-state index in [1.54, 1.807) is 4.57 Å². The number of ether oxygens (including phenoxy) is 1. The lowest BCUT2D eigenvalue weighted by atomic mass is 10.1. The fraction of sp³-hybridized carbons (Fsp3) is 0.450. The molecule has 0 radical (unpaired) electrons. The molecular formula is C20H25N7O4. The average Bonchev–Trinajstić information content (AvgIpc) is 3.36. The molecule has 31 heavy (non-hydrogen) atoms. The van der Waals surface area contributed by atoms with Crippen LogP contribution in [0.25, 0.3) is 11.2 Å². The Hall–Kier alpha value is -2.83. The van der Waals surface area contributed by atoms with Crippen LogP contribution in [-0.4, -0.2) is 85.9 Å². The average molecular weight is 427 g/mol. The van der Waals surface area contributed by atoms with Crippen LogP contribution in [-0.2, 0) is 9.57 Å². The number of para-hydroxylation sites is 1. The second-order valence-corrected chi connectivity index (χ2v) is 7.68. The summed E-state index contributed by atoms with van der Waals surface area (Å²) in [5.74, 6) is 0.242. The van der Waals surface area contributed by atoms with E-state index >= 15 is 0 Å². The Bertz CT molecular complexity index is 1020. The number of hydrogen-bond donors (Lipinski definition) is 3.